The van der Waals surface area contributed by atoms with E-state index >= 15 is 0 Å². The van der Waals surface area contributed by atoms with E-state index in [2.05, 4.69) is 30.6 Å². The summed E-state index contributed by atoms with van der Waals surface area (Å²) in [5, 5.41) is 5.74. The summed E-state index contributed by atoms with van der Waals surface area (Å²) in [4.78, 5) is 51.1. The number of carbonyl (C=O) groups is 2. The number of aromatic amines is 1. The molecule has 0 unspecified atom stereocenters. The number of anilines is 1. The number of carbonyl (C=O) groups excluding carboxylic acids is 2. The third-order valence-electron chi connectivity index (χ3n) is 4.24. The van der Waals surface area contributed by atoms with Gasteiger partial charge >= 0.3 is 5.56 Å². The highest BCUT2D eigenvalue weighted by Crippen LogP contribution is 2.11. The van der Waals surface area contributed by atoms with Gasteiger partial charge in [0, 0.05) is 11.3 Å². The Bertz CT molecular complexity index is 1140. The average molecular weight is 424 g/mol. The zero-order valence-corrected chi connectivity index (χ0v) is 17.6. The normalized spacial score (nSPS) is 11.0. The van der Waals surface area contributed by atoms with Crippen LogP contribution in [0.3, 0.4) is 0 Å². The summed E-state index contributed by atoms with van der Waals surface area (Å²) in [7, 11) is 0. The van der Waals surface area contributed by atoms with Crippen LogP contribution in [0.1, 0.15) is 35.7 Å². The average Bonchev–Trinajstić information content (AvgIpc) is 2.75. The van der Waals surface area contributed by atoms with Gasteiger partial charge in [0.2, 0.25) is 0 Å². The van der Waals surface area contributed by atoms with E-state index in [-0.39, 0.29) is 36.5 Å². The first-order valence-corrected chi connectivity index (χ1v) is 9.80. The van der Waals surface area contributed by atoms with Gasteiger partial charge in [-0.25, -0.2) is 9.97 Å². The van der Waals surface area contributed by atoms with Gasteiger partial charge in [0.25, 0.3) is 5.91 Å². The first-order valence-electron chi connectivity index (χ1n) is 9.80. The minimum atomic E-state index is -0.426. The second-order valence-corrected chi connectivity index (χ2v) is 7.20. The van der Waals surface area contributed by atoms with Gasteiger partial charge in [-0.3, -0.25) is 14.4 Å². The fraction of sp³-hybridized carbons (Fsp3) is 0.333. The lowest BCUT2D eigenvalue weighted by molar-refractivity contribution is -0.123. The first kappa shape index (κ1) is 22.0. The largest absolute Gasteiger partial charge is 0.379 e. The molecular weight excluding hydrogens is 400 g/mol. The topological polar surface area (TPSA) is 139 Å². The Morgan fingerprint density at radius 3 is 2.61 bits per heavy atom. The highest BCUT2D eigenvalue weighted by molar-refractivity contribution is 5.97. The molecule has 0 spiro atoms. The van der Waals surface area contributed by atoms with Crippen molar-refractivity contribution in [3.8, 4) is 0 Å². The molecule has 0 aliphatic carbocycles. The van der Waals surface area contributed by atoms with E-state index in [9.17, 15) is 14.4 Å². The van der Waals surface area contributed by atoms with E-state index in [1.54, 1.807) is 37.4 Å². The number of ketones is 1. The number of ether oxygens (including phenoxy) is 1. The Kier molecular flexibility index (Phi) is 7.03. The third-order valence-corrected chi connectivity index (χ3v) is 4.24. The van der Waals surface area contributed by atoms with Crippen molar-refractivity contribution in [3.05, 3.63) is 57.9 Å². The molecule has 0 aliphatic heterocycles. The minimum absolute atomic E-state index is 0.0278. The van der Waals surface area contributed by atoms with Crippen LogP contribution in [0, 0.1) is 6.92 Å². The summed E-state index contributed by atoms with van der Waals surface area (Å²) in [6, 6.07) is 6.78. The first-order chi connectivity index (χ1) is 14.8. The number of aromatic nitrogens is 4. The second kappa shape index (κ2) is 9.90. The zero-order chi connectivity index (χ0) is 22.4. The molecule has 1 amide bonds. The molecule has 10 nitrogen and oxygen atoms in total. The predicted molar refractivity (Wildman–Crippen MR) is 115 cm³/mol. The van der Waals surface area contributed by atoms with Crippen LogP contribution in [-0.2, 0) is 16.1 Å². The third kappa shape index (κ3) is 6.16. The predicted octanol–water partition coefficient (Wildman–Crippen LogP) is 1.36. The van der Waals surface area contributed by atoms with E-state index in [1.807, 2.05) is 13.8 Å². The van der Waals surface area contributed by atoms with Crippen LogP contribution >= 0.6 is 0 Å². The fourth-order valence-corrected chi connectivity index (χ4v) is 2.68. The maximum atomic E-state index is 12.2. The van der Waals surface area contributed by atoms with Crippen molar-refractivity contribution in [2.75, 3.05) is 18.5 Å². The molecular formula is C21H24N6O4. The summed E-state index contributed by atoms with van der Waals surface area (Å²) in [5.74, 6) is -0.0528. The molecule has 31 heavy (non-hydrogen) atoms. The monoisotopic (exact) mass is 424 g/mol. The van der Waals surface area contributed by atoms with Crippen molar-refractivity contribution in [1.82, 2.24) is 25.3 Å². The molecule has 0 atom stereocenters. The van der Waals surface area contributed by atoms with Crippen molar-refractivity contribution in [2.45, 2.75) is 33.4 Å². The molecule has 3 rings (SSSR count). The van der Waals surface area contributed by atoms with Gasteiger partial charge in [-0.2, -0.15) is 4.98 Å². The molecule has 0 bridgehead atoms. The molecule has 0 saturated carbocycles. The number of amides is 1. The molecule has 0 radical (unpaired) electrons. The van der Waals surface area contributed by atoms with E-state index in [0.29, 0.717) is 29.3 Å². The van der Waals surface area contributed by atoms with Crippen LogP contribution in [0.5, 0.6) is 0 Å². The Hall–Kier alpha value is -3.66. The quantitative estimate of drug-likeness (QED) is 0.468. The lowest BCUT2D eigenvalue weighted by atomic mass is 10.2. The van der Waals surface area contributed by atoms with Crippen LogP contribution < -0.4 is 16.2 Å². The van der Waals surface area contributed by atoms with Crippen molar-refractivity contribution < 1.29 is 14.3 Å². The number of hydrogen-bond donors (Lipinski definition) is 3. The number of rotatable bonds is 9. The van der Waals surface area contributed by atoms with Gasteiger partial charge in [0.15, 0.2) is 16.9 Å². The van der Waals surface area contributed by atoms with Crippen molar-refractivity contribution in [2.24, 2.45) is 0 Å². The lowest BCUT2D eigenvalue weighted by Gasteiger charge is -2.09. The number of hydrogen-bond acceptors (Lipinski definition) is 8. The molecule has 3 aromatic rings. The van der Waals surface area contributed by atoms with Gasteiger partial charge in [-0.15, -0.1) is 0 Å². The standard InChI is InChI=1S/C21H24N6O4/c1-12(2)31-11-17(28)10-24-20(29)14-4-6-15(7-5-14)22-8-16-9-23-19-18(27-16)21(30)26-13(3)25-19/h4-7,9,12,22H,8,10-11H2,1-3H3,(H,24,29)(H,23,25,26,30). The molecule has 0 aliphatic rings. The van der Waals surface area contributed by atoms with E-state index < -0.39 is 5.56 Å². The molecule has 10 heteroatoms. The van der Waals surface area contributed by atoms with Crippen molar-refractivity contribution >= 4 is 28.5 Å². The Morgan fingerprint density at radius 2 is 1.90 bits per heavy atom. The zero-order valence-electron chi connectivity index (χ0n) is 17.6. The maximum absolute atomic E-state index is 12.2. The molecule has 1 aromatic carbocycles. The summed E-state index contributed by atoms with van der Waals surface area (Å²) < 4.78 is 5.21. The van der Waals surface area contributed by atoms with Crippen LogP contribution in [0.15, 0.2) is 35.3 Å². The van der Waals surface area contributed by atoms with Gasteiger partial charge in [-0.05, 0) is 45.0 Å². The Labute approximate surface area is 178 Å². The minimum Gasteiger partial charge on any atom is -0.379 e. The summed E-state index contributed by atoms with van der Waals surface area (Å²) >= 11 is 0. The summed E-state index contributed by atoms with van der Waals surface area (Å²) in [6.45, 7) is 5.59. The SMILES string of the molecule is Cc1nc(=O)c2nc(CNc3ccc(C(=O)NCC(=O)COC(C)C)cc3)cnc2[nH]1. The highest BCUT2D eigenvalue weighted by Gasteiger charge is 2.10. The molecule has 2 aromatic heterocycles. The van der Waals surface area contributed by atoms with Crippen molar-refractivity contribution in [3.63, 3.8) is 0 Å². The summed E-state index contributed by atoms with van der Waals surface area (Å²) in [5.41, 5.74) is 1.92. The Morgan fingerprint density at radius 1 is 1.16 bits per heavy atom. The van der Waals surface area contributed by atoms with Crippen LogP contribution in [0.4, 0.5) is 5.69 Å². The van der Waals surface area contributed by atoms with Crippen LogP contribution in [0.25, 0.3) is 11.2 Å². The van der Waals surface area contributed by atoms with E-state index in [4.69, 9.17) is 4.74 Å². The summed E-state index contributed by atoms with van der Waals surface area (Å²) in [6.07, 6.45) is 1.54. The number of nitrogens with zero attached hydrogens (tertiary/aromatic N) is 3. The van der Waals surface area contributed by atoms with Gasteiger partial charge in [-0.1, -0.05) is 0 Å². The number of aryl methyl sites for hydroxylation is 1. The molecule has 162 valence electrons. The number of H-pyrrole nitrogens is 1. The van der Waals surface area contributed by atoms with E-state index in [1.165, 1.54) is 0 Å². The van der Waals surface area contributed by atoms with Crippen LogP contribution in [-0.4, -0.2) is 50.9 Å². The smallest absolute Gasteiger partial charge is 0.301 e. The number of Topliss-reactive ketones (excluding diaryl/α,β-unsaturated/α-hetero) is 1. The lowest BCUT2D eigenvalue weighted by Crippen LogP contribution is -2.31. The molecule has 2 heterocycles. The molecule has 3 N–H and O–H groups in total. The number of nitrogens with one attached hydrogen (secondary N) is 3. The Balaban J connectivity index is 1.54. The van der Waals surface area contributed by atoms with Gasteiger partial charge < -0.3 is 20.4 Å². The fourth-order valence-electron chi connectivity index (χ4n) is 2.68. The van der Waals surface area contributed by atoms with Gasteiger partial charge in [0.05, 0.1) is 31.1 Å². The molecule has 0 fully saturated rings. The second-order valence-electron chi connectivity index (χ2n) is 7.20. The maximum Gasteiger partial charge on any atom is 0.301 e. The van der Waals surface area contributed by atoms with Crippen molar-refractivity contribution in [1.29, 1.82) is 0 Å². The van der Waals surface area contributed by atoms with Gasteiger partial charge in [0.1, 0.15) is 12.4 Å². The van der Waals surface area contributed by atoms with E-state index in [0.717, 1.165) is 5.69 Å². The number of benzene rings is 1. The number of fused-ring (bicyclic) bond motifs is 1. The highest BCUT2D eigenvalue weighted by atomic mass is 16.5. The van der Waals surface area contributed by atoms with Crippen LogP contribution in [0.2, 0.25) is 0 Å². The molecule has 0 saturated heterocycles.